The zero-order chi connectivity index (χ0) is 7.56. The molecule has 1 atom stereocenters. The van der Waals surface area contributed by atoms with Crippen LogP contribution in [0.4, 0.5) is 0 Å². The van der Waals surface area contributed by atoms with Crippen LogP contribution in [0.25, 0.3) is 0 Å². The van der Waals surface area contributed by atoms with Gasteiger partial charge in [0, 0.05) is 0 Å². The van der Waals surface area contributed by atoms with Crippen molar-refractivity contribution in [3.8, 4) is 0 Å². The molecule has 1 rings (SSSR count). The summed E-state index contributed by atoms with van der Waals surface area (Å²) in [4.78, 5) is 2.32. The third-order valence-corrected chi connectivity index (χ3v) is 2.45. The second-order valence-electron chi connectivity index (χ2n) is 3.38. The van der Waals surface area contributed by atoms with Gasteiger partial charge in [0.15, 0.2) is 0 Å². The highest BCUT2D eigenvalue weighted by atomic mass is 16.3. The van der Waals surface area contributed by atoms with Crippen LogP contribution < -0.4 is 0 Å². The molecule has 0 saturated carbocycles. The predicted octanol–water partition coefficient (Wildman–Crippen LogP) is 0.709. The van der Waals surface area contributed by atoms with Crippen molar-refractivity contribution in [1.82, 2.24) is 4.90 Å². The molecule has 2 nitrogen and oxygen atoms in total. The Hall–Kier alpha value is -0.0800. The number of aliphatic hydroxyl groups excluding tert-OH is 1. The summed E-state index contributed by atoms with van der Waals surface area (Å²) in [5.74, 6) is 0.552. The summed E-state index contributed by atoms with van der Waals surface area (Å²) >= 11 is 0. The first kappa shape index (κ1) is 8.02. The van der Waals surface area contributed by atoms with E-state index in [9.17, 15) is 5.11 Å². The zero-order valence-electron chi connectivity index (χ0n) is 6.88. The van der Waals surface area contributed by atoms with Crippen molar-refractivity contribution in [2.24, 2.45) is 5.92 Å². The first-order valence-electron chi connectivity index (χ1n) is 4.07. The zero-order valence-corrected chi connectivity index (χ0v) is 6.88. The maximum absolute atomic E-state index is 9.24. The van der Waals surface area contributed by atoms with E-state index in [2.05, 4.69) is 11.9 Å². The van der Waals surface area contributed by atoms with Crippen LogP contribution in [0.2, 0.25) is 0 Å². The van der Waals surface area contributed by atoms with Gasteiger partial charge in [-0.25, -0.2) is 0 Å². The van der Waals surface area contributed by atoms with Crippen LogP contribution in [0.15, 0.2) is 0 Å². The number of nitrogens with zero attached hydrogens (tertiary/aromatic N) is 1. The molecule has 0 aromatic rings. The van der Waals surface area contributed by atoms with Crippen LogP contribution >= 0.6 is 0 Å². The Morgan fingerprint density at radius 3 is 2.30 bits per heavy atom. The van der Waals surface area contributed by atoms with Crippen LogP contribution in [0, 0.1) is 5.92 Å². The minimum Gasteiger partial charge on any atom is -0.393 e. The molecule has 1 aliphatic rings. The molecule has 1 fully saturated rings. The minimum absolute atomic E-state index is 0.103. The van der Waals surface area contributed by atoms with E-state index < -0.39 is 0 Å². The van der Waals surface area contributed by atoms with Gasteiger partial charge in [-0.05, 0) is 45.8 Å². The van der Waals surface area contributed by atoms with Crippen molar-refractivity contribution in [2.75, 3.05) is 20.1 Å². The van der Waals surface area contributed by atoms with E-state index >= 15 is 0 Å². The summed E-state index contributed by atoms with van der Waals surface area (Å²) in [5, 5.41) is 9.24. The molecule has 0 unspecified atom stereocenters. The highest BCUT2D eigenvalue weighted by molar-refractivity contribution is 4.73. The lowest BCUT2D eigenvalue weighted by Crippen LogP contribution is -2.34. The van der Waals surface area contributed by atoms with E-state index in [0.717, 1.165) is 25.9 Å². The normalized spacial score (nSPS) is 26.7. The van der Waals surface area contributed by atoms with Crippen LogP contribution in [-0.2, 0) is 0 Å². The Balaban J connectivity index is 2.26. The summed E-state index contributed by atoms with van der Waals surface area (Å²) < 4.78 is 0. The Bertz CT molecular complexity index is 95.4. The first-order chi connectivity index (χ1) is 4.70. The van der Waals surface area contributed by atoms with E-state index in [4.69, 9.17) is 0 Å². The fraction of sp³-hybridized carbons (Fsp3) is 1.00. The van der Waals surface area contributed by atoms with Gasteiger partial charge in [0.1, 0.15) is 0 Å². The average Bonchev–Trinajstić information content (AvgIpc) is 1.88. The molecule has 0 aromatic heterocycles. The molecule has 1 heterocycles. The summed E-state index contributed by atoms with van der Waals surface area (Å²) in [6, 6.07) is 0. The van der Waals surface area contributed by atoms with Gasteiger partial charge in [-0.15, -0.1) is 0 Å². The third kappa shape index (κ3) is 1.96. The molecule has 1 N–H and O–H groups in total. The van der Waals surface area contributed by atoms with E-state index in [1.54, 1.807) is 0 Å². The van der Waals surface area contributed by atoms with Gasteiger partial charge in [-0.3, -0.25) is 0 Å². The van der Waals surface area contributed by atoms with E-state index in [0.29, 0.717) is 5.92 Å². The lowest BCUT2D eigenvalue weighted by Gasteiger charge is -2.30. The van der Waals surface area contributed by atoms with E-state index in [1.165, 1.54) is 0 Å². The molecule has 2 heteroatoms. The maximum Gasteiger partial charge on any atom is 0.0541 e. The molecular formula is C8H17NO. The topological polar surface area (TPSA) is 23.5 Å². The molecule has 1 saturated heterocycles. The molecule has 0 radical (unpaired) electrons. The van der Waals surface area contributed by atoms with Crippen LogP contribution in [0.3, 0.4) is 0 Å². The monoisotopic (exact) mass is 143 g/mol. The van der Waals surface area contributed by atoms with Gasteiger partial charge in [-0.1, -0.05) is 0 Å². The highest BCUT2D eigenvalue weighted by Crippen LogP contribution is 2.18. The molecule has 0 aliphatic carbocycles. The van der Waals surface area contributed by atoms with Gasteiger partial charge in [0.05, 0.1) is 6.10 Å². The number of hydrogen-bond acceptors (Lipinski definition) is 2. The van der Waals surface area contributed by atoms with Gasteiger partial charge in [0.25, 0.3) is 0 Å². The van der Waals surface area contributed by atoms with Crippen molar-refractivity contribution in [3.05, 3.63) is 0 Å². The maximum atomic E-state index is 9.24. The summed E-state index contributed by atoms with van der Waals surface area (Å²) in [7, 11) is 2.14. The van der Waals surface area contributed by atoms with E-state index in [-0.39, 0.29) is 6.10 Å². The van der Waals surface area contributed by atoms with Crippen molar-refractivity contribution in [3.63, 3.8) is 0 Å². The van der Waals surface area contributed by atoms with Gasteiger partial charge < -0.3 is 10.0 Å². The summed E-state index contributed by atoms with van der Waals surface area (Å²) in [5.41, 5.74) is 0. The Labute approximate surface area is 62.8 Å². The molecule has 0 amide bonds. The minimum atomic E-state index is -0.103. The fourth-order valence-electron chi connectivity index (χ4n) is 1.51. The second kappa shape index (κ2) is 3.35. The lowest BCUT2D eigenvalue weighted by molar-refractivity contribution is 0.0798. The van der Waals surface area contributed by atoms with Crippen LogP contribution in [0.1, 0.15) is 19.8 Å². The molecule has 0 aromatic carbocycles. The number of rotatable bonds is 1. The molecule has 1 aliphatic heterocycles. The number of hydrogen-bond donors (Lipinski definition) is 1. The number of aliphatic hydroxyl groups is 1. The third-order valence-electron chi connectivity index (χ3n) is 2.45. The smallest absolute Gasteiger partial charge is 0.0541 e. The predicted molar refractivity (Wildman–Crippen MR) is 41.9 cm³/mol. The Morgan fingerprint density at radius 2 is 1.90 bits per heavy atom. The largest absolute Gasteiger partial charge is 0.393 e. The fourth-order valence-corrected chi connectivity index (χ4v) is 1.51. The van der Waals surface area contributed by atoms with Gasteiger partial charge >= 0.3 is 0 Å². The standard InChI is InChI=1S/C8H17NO/c1-7(10)8-3-5-9(2)6-4-8/h7-8,10H,3-6H2,1-2H3/t7-/m1/s1. The SMILES string of the molecule is C[C@@H](O)C1CCN(C)CC1. The van der Waals surface area contributed by atoms with Gasteiger partial charge in [-0.2, -0.15) is 0 Å². The van der Waals surface area contributed by atoms with Crippen LogP contribution in [0.5, 0.6) is 0 Å². The Morgan fingerprint density at radius 1 is 1.40 bits per heavy atom. The van der Waals surface area contributed by atoms with Crippen molar-refractivity contribution in [1.29, 1.82) is 0 Å². The van der Waals surface area contributed by atoms with Crippen molar-refractivity contribution < 1.29 is 5.11 Å². The van der Waals surface area contributed by atoms with E-state index in [1.807, 2.05) is 6.92 Å². The quantitative estimate of drug-likeness (QED) is 0.584. The lowest BCUT2D eigenvalue weighted by atomic mass is 9.93. The number of likely N-dealkylation sites (tertiary alicyclic amines) is 1. The number of piperidine rings is 1. The molecule has 10 heavy (non-hydrogen) atoms. The second-order valence-corrected chi connectivity index (χ2v) is 3.38. The van der Waals surface area contributed by atoms with Crippen LogP contribution in [-0.4, -0.2) is 36.2 Å². The first-order valence-corrected chi connectivity index (χ1v) is 4.07. The molecule has 0 spiro atoms. The molecular weight excluding hydrogens is 126 g/mol. The molecule has 0 bridgehead atoms. The summed E-state index contributed by atoms with van der Waals surface area (Å²) in [6.45, 7) is 4.20. The Kier molecular flexibility index (Phi) is 2.69. The van der Waals surface area contributed by atoms with Gasteiger partial charge in [0.2, 0.25) is 0 Å². The van der Waals surface area contributed by atoms with Crippen molar-refractivity contribution in [2.45, 2.75) is 25.9 Å². The highest BCUT2D eigenvalue weighted by Gasteiger charge is 2.19. The summed E-state index contributed by atoms with van der Waals surface area (Å²) in [6.07, 6.45) is 2.22. The average molecular weight is 143 g/mol. The van der Waals surface area contributed by atoms with Crippen molar-refractivity contribution >= 4 is 0 Å². The molecule has 60 valence electrons.